The number of aryl methyl sites for hydroxylation is 1. The van der Waals surface area contributed by atoms with Crippen LogP contribution in [0.2, 0.25) is 5.02 Å². The van der Waals surface area contributed by atoms with Crippen molar-refractivity contribution in [2.45, 2.75) is 13.5 Å². The Labute approximate surface area is 217 Å². The maximum atomic E-state index is 14.2. The van der Waals surface area contributed by atoms with Crippen LogP contribution < -0.4 is 10.2 Å². The van der Waals surface area contributed by atoms with Gasteiger partial charge in [0.1, 0.15) is 6.54 Å². The van der Waals surface area contributed by atoms with E-state index in [1.165, 1.54) is 0 Å². The van der Waals surface area contributed by atoms with E-state index in [9.17, 15) is 4.39 Å². The number of nitrogens with one attached hydrogen (secondary N) is 1. The molecule has 5 rings (SSSR count). The number of aromatic nitrogens is 5. The number of pyridine rings is 1. The SMILES string of the molecule is Cc1cc(-c2ncccn2)cc(Cl)c1Nc1ccc(CN=Nc2ncc(F)c(N3CCOCC3)n2)nc1. The van der Waals surface area contributed by atoms with E-state index in [1.807, 2.05) is 36.1 Å². The molecule has 1 aromatic carbocycles. The number of rotatable bonds is 7. The predicted molar refractivity (Wildman–Crippen MR) is 138 cm³/mol. The topological polar surface area (TPSA) is 114 Å². The zero-order valence-electron chi connectivity index (χ0n) is 20.0. The van der Waals surface area contributed by atoms with E-state index in [1.54, 1.807) is 24.7 Å². The quantitative estimate of drug-likeness (QED) is 0.327. The Morgan fingerprint density at radius 3 is 2.62 bits per heavy atom. The van der Waals surface area contributed by atoms with Gasteiger partial charge in [0.25, 0.3) is 5.95 Å². The molecule has 1 aliphatic heterocycles. The molecule has 10 nitrogen and oxygen atoms in total. The average molecular weight is 520 g/mol. The lowest BCUT2D eigenvalue weighted by Gasteiger charge is -2.27. The van der Waals surface area contributed by atoms with Crippen molar-refractivity contribution in [1.82, 2.24) is 24.9 Å². The molecule has 1 aliphatic rings. The first-order valence-corrected chi connectivity index (χ1v) is 12.0. The minimum absolute atomic E-state index is 0.0932. The molecule has 4 heterocycles. The summed E-state index contributed by atoms with van der Waals surface area (Å²) in [6.07, 6.45) is 6.19. The number of ether oxygens (including phenoxy) is 1. The van der Waals surface area contributed by atoms with Crippen LogP contribution in [0.5, 0.6) is 0 Å². The molecule has 0 atom stereocenters. The Balaban J connectivity index is 1.23. The van der Waals surface area contributed by atoms with Crippen molar-refractivity contribution in [3.05, 3.63) is 77.2 Å². The second-order valence-corrected chi connectivity index (χ2v) is 8.63. The zero-order valence-corrected chi connectivity index (χ0v) is 20.7. The molecule has 12 heteroatoms. The highest BCUT2D eigenvalue weighted by Gasteiger charge is 2.18. The molecule has 0 amide bonds. The van der Waals surface area contributed by atoms with Crippen molar-refractivity contribution in [2.75, 3.05) is 36.5 Å². The molecule has 3 aromatic heterocycles. The van der Waals surface area contributed by atoms with Crippen LogP contribution in [0.4, 0.5) is 27.5 Å². The Morgan fingerprint density at radius 2 is 1.89 bits per heavy atom. The fraction of sp³-hybridized carbons (Fsp3) is 0.240. The van der Waals surface area contributed by atoms with Crippen molar-refractivity contribution in [1.29, 1.82) is 0 Å². The van der Waals surface area contributed by atoms with Gasteiger partial charge in [-0.1, -0.05) is 11.6 Å². The molecule has 0 bridgehead atoms. The lowest BCUT2D eigenvalue weighted by atomic mass is 10.1. The molecular weight excluding hydrogens is 497 g/mol. The number of morpholine rings is 1. The molecule has 1 saturated heterocycles. The van der Waals surface area contributed by atoms with E-state index in [4.69, 9.17) is 16.3 Å². The van der Waals surface area contributed by atoms with Gasteiger partial charge in [-0.25, -0.2) is 19.3 Å². The minimum atomic E-state index is -0.496. The summed E-state index contributed by atoms with van der Waals surface area (Å²) in [5.74, 6) is 0.418. The number of benzene rings is 1. The zero-order chi connectivity index (χ0) is 25.6. The lowest BCUT2D eigenvalue weighted by Crippen LogP contribution is -2.37. The van der Waals surface area contributed by atoms with E-state index in [2.05, 4.69) is 40.5 Å². The van der Waals surface area contributed by atoms with Gasteiger partial charge in [-0.05, 0) is 42.8 Å². The van der Waals surface area contributed by atoms with Crippen LogP contribution in [0.15, 0.2) is 65.3 Å². The molecule has 0 radical (unpaired) electrons. The number of hydrogen-bond donors (Lipinski definition) is 1. The monoisotopic (exact) mass is 519 g/mol. The molecule has 1 N–H and O–H groups in total. The number of nitrogens with zero attached hydrogens (tertiary/aromatic N) is 8. The second kappa shape index (κ2) is 11.3. The molecule has 0 spiro atoms. The average Bonchev–Trinajstić information content (AvgIpc) is 2.93. The first-order valence-electron chi connectivity index (χ1n) is 11.6. The summed E-state index contributed by atoms with van der Waals surface area (Å²) in [5, 5.41) is 12.0. The molecule has 1 fully saturated rings. The van der Waals surface area contributed by atoms with Crippen LogP contribution in [0.25, 0.3) is 11.4 Å². The Bertz CT molecular complexity index is 1370. The van der Waals surface area contributed by atoms with E-state index in [0.717, 1.165) is 28.7 Å². The van der Waals surface area contributed by atoms with E-state index in [0.29, 0.717) is 42.8 Å². The van der Waals surface area contributed by atoms with E-state index in [-0.39, 0.29) is 18.3 Å². The number of anilines is 3. The molecule has 188 valence electrons. The van der Waals surface area contributed by atoms with Gasteiger partial charge >= 0.3 is 0 Å². The van der Waals surface area contributed by atoms with Gasteiger partial charge in [0, 0.05) is 31.0 Å². The summed E-state index contributed by atoms with van der Waals surface area (Å²) >= 11 is 6.55. The van der Waals surface area contributed by atoms with E-state index < -0.39 is 5.82 Å². The first-order chi connectivity index (χ1) is 18.1. The van der Waals surface area contributed by atoms with Crippen molar-refractivity contribution >= 4 is 34.7 Å². The highest BCUT2D eigenvalue weighted by molar-refractivity contribution is 6.33. The fourth-order valence-corrected chi connectivity index (χ4v) is 4.10. The molecule has 0 unspecified atom stereocenters. The van der Waals surface area contributed by atoms with Gasteiger partial charge in [0.2, 0.25) is 0 Å². The fourth-order valence-electron chi connectivity index (χ4n) is 3.78. The Morgan fingerprint density at radius 1 is 1.08 bits per heavy atom. The lowest BCUT2D eigenvalue weighted by molar-refractivity contribution is 0.122. The highest BCUT2D eigenvalue weighted by Crippen LogP contribution is 2.33. The van der Waals surface area contributed by atoms with Gasteiger partial charge in [0.15, 0.2) is 17.5 Å². The van der Waals surface area contributed by atoms with Crippen LogP contribution in [-0.2, 0) is 11.3 Å². The van der Waals surface area contributed by atoms with Crippen LogP contribution in [0.1, 0.15) is 11.3 Å². The molecule has 0 aliphatic carbocycles. The highest BCUT2D eigenvalue weighted by atomic mass is 35.5. The molecule has 0 saturated carbocycles. The van der Waals surface area contributed by atoms with E-state index >= 15 is 0 Å². The van der Waals surface area contributed by atoms with Crippen LogP contribution in [-0.4, -0.2) is 51.2 Å². The third kappa shape index (κ3) is 6.01. The Hall–Kier alpha value is -4.09. The number of halogens is 2. The number of hydrogen-bond acceptors (Lipinski definition) is 10. The summed E-state index contributed by atoms with van der Waals surface area (Å²) in [6.45, 7) is 4.35. The number of azo groups is 1. The first kappa shape index (κ1) is 24.6. The molecular formula is C25H23ClFN9O. The molecule has 37 heavy (non-hydrogen) atoms. The van der Waals surface area contributed by atoms with Crippen molar-refractivity contribution < 1.29 is 9.13 Å². The Kier molecular flexibility index (Phi) is 7.52. The second-order valence-electron chi connectivity index (χ2n) is 8.23. The maximum Gasteiger partial charge on any atom is 0.270 e. The van der Waals surface area contributed by atoms with Crippen molar-refractivity contribution in [2.24, 2.45) is 10.2 Å². The van der Waals surface area contributed by atoms with Gasteiger partial charge in [-0.3, -0.25) is 4.98 Å². The largest absolute Gasteiger partial charge is 0.378 e. The third-order valence-electron chi connectivity index (χ3n) is 5.62. The smallest absolute Gasteiger partial charge is 0.270 e. The van der Waals surface area contributed by atoms with Crippen LogP contribution >= 0.6 is 11.6 Å². The van der Waals surface area contributed by atoms with Crippen LogP contribution in [0.3, 0.4) is 0 Å². The maximum absolute atomic E-state index is 14.2. The molecule has 4 aromatic rings. The summed E-state index contributed by atoms with van der Waals surface area (Å²) < 4.78 is 19.5. The van der Waals surface area contributed by atoms with Crippen LogP contribution in [0, 0.1) is 12.7 Å². The summed E-state index contributed by atoms with van der Waals surface area (Å²) in [6, 6.07) is 9.29. The van der Waals surface area contributed by atoms with Crippen molar-refractivity contribution in [3.63, 3.8) is 0 Å². The normalized spacial score (nSPS) is 13.8. The van der Waals surface area contributed by atoms with Gasteiger partial charge in [-0.2, -0.15) is 10.1 Å². The third-order valence-corrected chi connectivity index (χ3v) is 5.92. The summed E-state index contributed by atoms with van der Waals surface area (Å²) in [4.78, 5) is 22.9. The summed E-state index contributed by atoms with van der Waals surface area (Å²) in [5.41, 5.74) is 4.04. The standard InChI is InChI=1S/C25H23ClFN9O/c1-16-11-17(23-28-5-2-6-29-23)12-20(26)22(16)33-19-4-3-18(30-13-19)14-32-35-25-31-15-21(27)24(34-25)36-7-9-37-10-8-36/h2-6,11-13,15,33H,7-10,14H2,1H3. The van der Waals surface area contributed by atoms with Gasteiger partial charge < -0.3 is 15.0 Å². The van der Waals surface area contributed by atoms with Crippen molar-refractivity contribution in [3.8, 4) is 11.4 Å². The predicted octanol–water partition coefficient (Wildman–Crippen LogP) is 5.29. The van der Waals surface area contributed by atoms with Gasteiger partial charge in [-0.15, -0.1) is 5.11 Å². The van der Waals surface area contributed by atoms with Gasteiger partial charge in [0.05, 0.1) is 47.7 Å². The minimum Gasteiger partial charge on any atom is -0.378 e. The summed E-state index contributed by atoms with van der Waals surface area (Å²) in [7, 11) is 0.